The molecule has 0 spiro atoms. The summed E-state index contributed by atoms with van der Waals surface area (Å²) in [6, 6.07) is 1.21. The molecule has 25 heavy (non-hydrogen) atoms. The van der Waals surface area contributed by atoms with Crippen LogP contribution in [0.3, 0.4) is 0 Å². The van der Waals surface area contributed by atoms with Crippen molar-refractivity contribution in [3.8, 4) is 5.75 Å². The normalized spacial score (nSPS) is 10.8. The highest BCUT2D eigenvalue weighted by molar-refractivity contribution is 6.03. The van der Waals surface area contributed by atoms with Gasteiger partial charge in [-0.05, 0) is 37.3 Å². The minimum Gasteiger partial charge on any atom is -0.872 e. The largest absolute Gasteiger partial charge is 0.872 e. The Balaban J connectivity index is 3.19. The number of carbonyl (C=O) groups is 2. The molecule has 1 N–H and O–H groups in total. The van der Waals surface area contributed by atoms with Crippen LogP contribution in [0.2, 0.25) is 0 Å². The van der Waals surface area contributed by atoms with Gasteiger partial charge in [-0.25, -0.2) is 4.79 Å². The smallest absolute Gasteiger partial charge is 0.336 e. The molecule has 0 saturated carbocycles. The number of carbonyl (C=O) groups excluding carboxylic acids is 1. The van der Waals surface area contributed by atoms with Crippen molar-refractivity contribution in [2.45, 2.75) is 78.1 Å². The van der Waals surface area contributed by atoms with E-state index in [2.05, 4.69) is 13.8 Å². The lowest BCUT2D eigenvalue weighted by molar-refractivity contribution is -0.270. The predicted molar refractivity (Wildman–Crippen MR) is 92.9 cm³/mol. The van der Waals surface area contributed by atoms with Crippen molar-refractivity contribution < 1.29 is 24.9 Å². The molecule has 0 fully saturated rings. The molecule has 5 heteroatoms. The number of aryl methyl sites for hydroxylation is 1. The van der Waals surface area contributed by atoms with E-state index in [1.807, 2.05) is 0 Å². The van der Waals surface area contributed by atoms with Gasteiger partial charge >= 0.3 is 5.97 Å². The predicted octanol–water partition coefficient (Wildman–Crippen LogP) is 3.07. The molecule has 0 heterocycles. The highest BCUT2D eigenvalue weighted by Gasteiger charge is 2.19. The molecule has 1 rings (SSSR count). The monoisotopic (exact) mass is 348 g/mol. The van der Waals surface area contributed by atoms with Crippen molar-refractivity contribution in [2.24, 2.45) is 0 Å². The topological polar surface area (TPSA) is 100 Å². The molecule has 0 radical (unpaired) electrons. The molecule has 5 nitrogen and oxygen atoms in total. The number of aromatic carboxylic acids is 2. The van der Waals surface area contributed by atoms with E-state index in [9.17, 15) is 24.9 Å². The van der Waals surface area contributed by atoms with Crippen molar-refractivity contribution in [1.29, 1.82) is 0 Å². The van der Waals surface area contributed by atoms with Gasteiger partial charge < -0.3 is 20.1 Å². The minimum atomic E-state index is -1.54. The Bertz CT molecular complexity index is 592. The van der Waals surface area contributed by atoms with E-state index in [0.717, 1.165) is 44.9 Å². The standard InChI is InChI=1S/C20H30O5/c1-3-5-7-9-11-14-13-16(19(22)23)17(20(24)25)15(18(14)21)12-10-8-6-4-2/h13,21H,3-12H2,1-2H3,(H,22,23)(H,24,25)/p-2. The maximum absolute atomic E-state index is 12.7. The van der Waals surface area contributed by atoms with E-state index < -0.39 is 11.9 Å². The second-order valence-electron chi connectivity index (χ2n) is 6.48. The Morgan fingerprint density at radius 3 is 2.00 bits per heavy atom. The molecule has 0 aromatic heterocycles. The quantitative estimate of drug-likeness (QED) is 0.585. The molecule has 0 atom stereocenters. The van der Waals surface area contributed by atoms with Crippen molar-refractivity contribution >= 4 is 11.9 Å². The second kappa shape index (κ2) is 10.7. The Labute approximate surface area is 149 Å². The number of hydrogen-bond donors (Lipinski definition) is 1. The maximum Gasteiger partial charge on any atom is 0.336 e. The van der Waals surface area contributed by atoms with Crippen LogP contribution in [0, 0.1) is 0 Å². The Kier molecular flexibility index (Phi) is 9.03. The van der Waals surface area contributed by atoms with Crippen LogP contribution in [-0.2, 0) is 12.8 Å². The summed E-state index contributed by atoms with van der Waals surface area (Å²) in [5, 5.41) is 33.6. The third-order valence-electron chi connectivity index (χ3n) is 4.47. The van der Waals surface area contributed by atoms with Crippen LogP contribution < -0.4 is 10.2 Å². The molecule has 0 aliphatic carbocycles. The van der Waals surface area contributed by atoms with E-state index in [1.165, 1.54) is 6.07 Å². The second-order valence-corrected chi connectivity index (χ2v) is 6.48. The summed E-state index contributed by atoms with van der Waals surface area (Å²) in [5.41, 5.74) is -0.247. The van der Waals surface area contributed by atoms with E-state index in [4.69, 9.17) is 0 Å². The molecular weight excluding hydrogens is 320 g/mol. The summed E-state index contributed by atoms with van der Waals surface area (Å²) in [4.78, 5) is 23.0. The molecule has 0 amide bonds. The zero-order valence-electron chi connectivity index (χ0n) is 15.2. The first-order valence-corrected chi connectivity index (χ1v) is 9.24. The minimum absolute atomic E-state index is 0.121. The van der Waals surface area contributed by atoms with Gasteiger partial charge in [-0.15, -0.1) is 5.75 Å². The Hall–Kier alpha value is -2.04. The molecule has 0 aliphatic rings. The van der Waals surface area contributed by atoms with Gasteiger partial charge in [0, 0.05) is 5.56 Å². The number of unbranched alkanes of at least 4 members (excludes halogenated alkanes) is 6. The van der Waals surface area contributed by atoms with Crippen LogP contribution in [-0.4, -0.2) is 17.0 Å². The molecule has 1 aromatic rings. The van der Waals surface area contributed by atoms with Crippen molar-refractivity contribution in [1.82, 2.24) is 0 Å². The number of carboxylic acids is 2. The summed E-state index contributed by atoms with van der Waals surface area (Å²) in [6.07, 6.45) is 8.22. The highest BCUT2D eigenvalue weighted by atomic mass is 16.4. The molecule has 0 saturated heterocycles. The van der Waals surface area contributed by atoms with Gasteiger partial charge in [-0.1, -0.05) is 57.9 Å². The first-order chi connectivity index (χ1) is 11.9. The summed E-state index contributed by atoms with van der Waals surface area (Å²) in [7, 11) is 0. The van der Waals surface area contributed by atoms with Crippen LogP contribution in [0.4, 0.5) is 0 Å². The molecule has 0 bridgehead atoms. The number of hydrogen-bond acceptors (Lipinski definition) is 4. The zero-order chi connectivity index (χ0) is 18.8. The van der Waals surface area contributed by atoms with Crippen molar-refractivity contribution in [2.75, 3.05) is 0 Å². The van der Waals surface area contributed by atoms with Crippen LogP contribution in [0.25, 0.3) is 0 Å². The van der Waals surface area contributed by atoms with Crippen molar-refractivity contribution in [3.63, 3.8) is 0 Å². The first-order valence-electron chi connectivity index (χ1n) is 9.24. The average Bonchev–Trinajstić information content (AvgIpc) is 2.57. The first kappa shape index (κ1) is 21.0. The van der Waals surface area contributed by atoms with Gasteiger partial charge in [0.05, 0.1) is 11.5 Å². The fourth-order valence-corrected chi connectivity index (χ4v) is 3.08. The van der Waals surface area contributed by atoms with E-state index >= 15 is 0 Å². The lowest BCUT2D eigenvalue weighted by Crippen LogP contribution is -2.27. The fourth-order valence-electron chi connectivity index (χ4n) is 3.08. The van der Waals surface area contributed by atoms with Gasteiger partial charge in [0.2, 0.25) is 0 Å². The van der Waals surface area contributed by atoms with Gasteiger partial charge in [0.1, 0.15) is 0 Å². The van der Waals surface area contributed by atoms with E-state index in [-0.39, 0.29) is 22.4 Å². The molecule has 140 valence electrons. The van der Waals surface area contributed by atoms with Gasteiger partial charge in [-0.3, -0.25) is 0 Å². The summed E-state index contributed by atoms with van der Waals surface area (Å²) in [5.74, 6) is -3.23. The summed E-state index contributed by atoms with van der Waals surface area (Å²) < 4.78 is 0. The molecule has 0 aliphatic heterocycles. The summed E-state index contributed by atoms with van der Waals surface area (Å²) in [6.45, 7) is 4.15. The third-order valence-corrected chi connectivity index (χ3v) is 4.47. The number of benzene rings is 1. The number of carboxylic acid groups (broad SMARTS) is 2. The van der Waals surface area contributed by atoms with Crippen LogP contribution in [0.15, 0.2) is 6.07 Å². The van der Waals surface area contributed by atoms with E-state index in [0.29, 0.717) is 24.8 Å². The van der Waals surface area contributed by atoms with Crippen LogP contribution in [0.5, 0.6) is 5.75 Å². The van der Waals surface area contributed by atoms with Gasteiger partial charge in [-0.2, -0.15) is 0 Å². The Morgan fingerprint density at radius 2 is 1.52 bits per heavy atom. The lowest BCUT2D eigenvalue weighted by atomic mass is 9.90. The van der Waals surface area contributed by atoms with Crippen molar-refractivity contribution in [3.05, 3.63) is 28.3 Å². The van der Waals surface area contributed by atoms with Gasteiger partial charge in [0.25, 0.3) is 0 Å². The number of rotatable bonds is 12. The van der Waals surface area contributed by atoms with E-state index in [1.54, 1.807) is 0 Å². The van der Waals surface area contributed by atoms with Gasteiger partial charge in [0.15, 0.2) is 0 Å². The molecule has 0 unspecified atom stereocenters. The van der Waals surface area contributed by atoms with Crippen LogP contribution >= 0.6 is 0 Å². The molecular formula is C20H28O5-2. The SMILES string of the molecule is CCCCCCc1cc(C(=O)[O-])c(C(=O)O)c(CCCCCC)c1[O-]. The lowest BCUT2D eigenvalue weighted by Gasteiger charge is -2.24. The third kappa shape index (κ3) is 6.07. The highest BCUT2D eigenvalue weighted by Crippen LogP contribution is 2.30. The zero-order valence-corrected chi connectivity index (χ0v) is 15.2. The maximum atomic E-state index is 12.7. The van der Waals surface area contributed by atoms with Crippen LogP contribution in [0.1, 0.15) is 97.1 Å². The Morgan fingerprint density at radius 1 is 0.960 bits per heavy atom. The average molecular weight is 348 g/mol. The molecule has 1 aromatic carbocycles. The fraction of sp³-hybridized carbons (Fsp3) is 0.600. The summed E-state index contributed by atoms with van der Waals surface area (Å²) >= 11 is 0.